The second-order valence-corrected chi connectivity index (χ2v) is 11.5. The minimum atomic E-state index is 1.15. The molecule has 0 aliphatic rings. The van der Waals surface area contributed by atoms with Crippen molar-refractivity contribution in [2.75, 3.05) is 0 Å². The van der Waals surface area contributed by atoms with Gasteiger partial charge in [-0.1, -0.05) is 109 Å². The zero-order valence-corrected chi connectivity index (χ0v) is 24.0. The lowest BCUT2D eigenvalue weighted by molar-refractivity contribution is 1.18. The van der Waals surface area contributed by atoms with Crippen molar-refractivity contribution in [3.05, 3.63) is 164 Å². The number of aromatic amines is 1. The van der Waals surface area contributed by atoms with Gasteiger partial charge >= 0.3 is 0 Å². The van der Waals surface area contributed by atoms with Gasteiger partial charge in [-0.05, 0) is 82.4 Å². The Morgan fingerprint density at radius 1 is 0.364 bits per heavy atom. The molecule has 0 amide bonds. The predicted octanol–water partition coefficient (Wildman–Crippen LogP) is 11.4. The number of nitrogens with one attached hydrogen (secondary N) is 1. The molecule has 2 heteroatoms. The molecule has 2 nitrogen and oxygen atoms in total. The fourth-order valence-electron chi connectivity index (χ4n) is 6.83. The van der Waals surface area contributed by atoms with Crippen molar-refractivity contribution in [2.24, 2.45) is 0 Å². The summed E-state index contributed by atoms with van der Waals surface area (Å²) >= 11 is 0. The summed E-state index contributed by atoms with van der Waals surface area (Å²) in [6, 6.07) is 59.1. The van der Waals surface area contributed by atoms with Crippen LogP contribution >= 0.6 is 0 Å². The first kappa shape index (κ1) is 24.7. The Hall–Kier alpha value is -5.86. The molecule has 0 aliphatic carbocycles. The van der Waals surface area contributed by atoms with E-state index in [1.165, 1.54) is 77.2 Å². The van der Waals surface area contributed by atoms with E-state index >= 15 is 0 Å². The molecule has 0 radical (unpaired) electrons. The summed E-state index contributed by atoms with van der Waals surface area (Å²) in [5.74, 6) is 0. The number of aromatic nitrogens is 2. The van der Waals surface area contributed by atoms with Crippen LogP contribution < -0.4 is 0 Å². The van der Waals surface area contributed by atoms with Gasteiger partial charge in [-0.3, -0.25) is 0 Å². The second-order valence-electron chi connectivity index (χ2n) is 11.5. The van der Waals surface area contributed by atoms with Crippen LogP contribution in [0.25, 0.3) is 82.7 Å². The molecule has 0 unspecified atom stereocenters. The summed E-state index contributed by atoms with van der Waals surface area (Å²) in [5, 5.41) is 5.00. The van der Waals surface area contributed by atoms with Gasteiger partial charge in [0.1, 0.15) is 0 Å². The number of nitrogens with zero attached hydrogens (tertiary/aromatic N) is 1. The van der Waals surface area contributed by atoms with E-state index in [9.17, 15) is 0 Å². The molecule has 0 atom stereocenters. The standard InChI is InChI=1S/C42H28N2/c1-4-12-28(13-5-1)32-26-35(29-14-6-2-7-15-29)42-38(27-32)36-24-30(20-22-39(36)43-42)31-21-23-41-37(25-31)34-18-10-11-19-40(34)44(41)33-16-8-3-9-17-33/h1-27,43H. The molecule has 0 bridgehead atoms. The topological polar surface area (TPSA) is 20.7 Å². The Balaban J connectivity index is 1.26. The number of para-hydroxylation sites is 2. The van der Waals surface area contributed by atoms with Gasteiger partial charge < -0.3 is 9.55 Å². The first-order valence-corrected chi connectivity index (χ1v) is 15.1. The third-order valence-corrected chi connectivity index (χ3v) is 8.92. The van der Waals surface area contributed by atoms with Crippen molar-refractivity contribution in [1.82, 2.24) is 9.55 Å². The van der Waals surface area contributed by atoms with Gasteiger partial charge in [0, 0.05) is 38.3 Å². The average molecular weight is 561 g/mol. The molecule has 0 fully saturated rings. The fraction of sp³-hybridized carbons (Fsp3) is 0. The van der Waals surface area contributed by atoms with Crippen LogP contribution in [0.5, 0.6) is 0 Å². The largest absolute Gasteiger partial charge is 0.354 e. The first-order chi connectivity index (χ1) is 21.8. The highest BCUT2D eigenvalue weighted by Crippen LogP contribution is 2.40. The van der Waals surface area contributed by atoms with E-state index in [-0.39, 0.29) is 0 Å². The van der Waals surface area contributed by atoms with Crippen molar-refractivity contribution in [2.45, 2.75) is 0 Å². The molecule has 2 aromatic heterocycles. The van der Waals surface area contributed by atoms with Gasteiger partial charge in [0.05, 0.1) is 16.6 Å². The fourth-order valence-corrected chi connectivity index (χ4v) is 6.83. The Morgan fingerprint density at radius 2 is 0.955 bits per heavy atom. The summed E-state index contributed by atoms with van der Waals surface area (Å²) in [6.07, 6.45) is 0. The number of hydrogen-bond acceptors (Lipinski definition) is 0. The summed E-state index contributed by atoms with van der Waals surface area (Å²) < 4.78 is 2.37. The van der Waals surface area contributed by atoms with Crippen molar-refractivity contribution in [3.63, 3.8) is 0 Å². The first-order valence-electron chi connectivity index (χ1n) is 15.1. The number of benzene rings is 7. The van der Waals surface area contributed by atoms with Crippen LogP contribution in [0.2, 0.25) is 0 Å². The molecular formula is C42H28N2. The third kappa shape index (κ3) is 3.89. The highest BCUT2D eigenvalue weighted by molar-refractivity contribution is 6.15. The molecule has 9 rings (SSSR count). The molecule has 206 valence electrons. The Bertz CT molecular complexity index is 2470. The lowest BCUT2D eigenvalue weighted by Gasteiger charge is -2.09. The van der Waals surface area contributed by atoms with Crippen LogP contribution in [0.3, 0.4) is 0 Å². The number of rotatable bonds is 4. The minimum Gasteiger partial charge on any atom is -0.354 e. The van der Waals surface area contributed by atoms with Crippen LogP contribution in [-0.2, 0) is 0 Å². The van der Waals surface area contributed by atoms with Gasteiger partial charge in [-0.25, -0.2) is 0 Å². The number of hydrogen-bond donors (Lipinski definition) is 1. The van der Waals surface area contributed by atoms with Crippen LogP contribution in [0.4, 0.5) is 0 Å². The summed E-state index contributed by atoms with van der Waals surface area (Å²) in [6.45, 7) is 0. The minimum absolute atomic E-state index is 1.15. The summed E-state index contributed by atoms with van der Waals surface area (Å²) in [4.78, 5) is 3.77. The van der Waals surface area contributed by atoms with Gasteiger partial charge in [0.25, 0.3) is 0 Å². The molecule has 0 spiro atoms. The van der Waals surface area contributed by atoms with E-state index in [4.69, 9.17) is 0 Å². The molecule has 0 aliphatic heterocycles. The van der Waals surface area contributed by atoms with Crippen molar-refractivity contribution < 1.29 is 0 Å². The van der Waals surface area contributed by atoms with E-state index in [1.807, 2.05) is 0 Å². The highest BCUT2D eigenvalue weighted by Gasteiger charge is 2.16. The van der Waals surface area contributed by atoms with Crippen molar-refractivity contribution in [1.29, 1.82) is 0 Å². The van der Waals surface area contributed by atoms with Crippen LogP contribution in [-0.4, -0.2) is 9.55 Å². The zero-order valence-electron chi connectivity index (χ0n) is 24.0. The Labute approximate surface area is 255 Å². The Morgan fingerprint density at radius 3 is 1.73 bits per heavy atom. The second kappa shape index (κ2) is 9.86. The maximum atomic E-state index is 3.77. The van der Waals surface area contributed by atoms with Gasteiger partial charge in [0.2, 0.25) is 0 Å². The van der Waals surface area contributed by atoms with E-state index in [2.05, 4.69) is 173 Å². The van der Waals surface area contributed by atoms with Crippen LogP contribution in [0.15, 0.2) is 164 Å². The van der Waals surface area contributed by atoms with E-state index in [0.29, 0.717) is 0 Å². The van der Waals surface area contributed by atoms with Gasteiger partial charge in [0.15, 0.2) is 0 Å². The van der Waals surface area contributed by atoms with E-state index in [1.54, 1.807) is 0 Å². The van der Waals surface area contributed by atoms with Crippen molar-refractivity contribution in [3.8, 4) is 39.1 Å². The lowest BCUT2D eigenvalue weighted by atomic mass is 9.95. The van der Waals surface area contributed by atoms with Crippen molar-refractivity contribution >= 4 is 43.6 Å². The van der Waals surface area contributed by atoms with Gasteiger partial charge in [-0.15, -0.1) is 0 Å². The monoisotopic (exact) mass is 560 g/mol. The maximum Gasteiger partial charge on any atom is 0.0544 e. The van der Waals surface area contributed by atoms with Gasteiger partial charge in [-0.2, -0.15) is 0 Å². The average Bonchev–Trinajstić information content (AvgIpc) is 3.64. The molecule has 0 saturated heterocycles. The summed E-state index contributed by atoms with van der Waals surface area (Å²) in [5.41, 5.74) is 13.2. The highest BCUT2D eigenvalue weighted by atomic mass is 15.0. The number of fused-ring (bicyclic) bond motifs is 6. The smallest absolute Gasteiger partial charge is 0.0544 e. The molecule has 2 heterocycles. The van der Waals surface area contributed by atoms with Crippen LogP contribution in [0, 0.1) is 0 Å². The molecule has 7 aromatic carbocycles. The van der Waals surface area contributed by atoms with E-state index in [0.717, 1.165) is 5.52 Å². The summed E-state index contributed by atoms with van der Waals surface area (Å²) in [7, 11) is 0. The molecule has 44 heavy (non-hydrogen) atoms. The lowest BCUT2D eigenvalue weighted by Crippen LogP contribution is -1.92. The van der Waals surface area contributed by atoms with E-state index < -0.39 is 0 Å². The van der Waals surface area contributed by atoms with Crippen LogP contribution in [0.1, 0.15) is 0 Å². The molecule has 9 aromatic rings. The normalized spacial score (nSPS) is 11.6. The Kier molecular flexibility index (Phi) is 5.54. The SMILES string of the molecule is c1ccc(-c2cc(-c3ccccc3)c3[nH]c4ccc(-c5ccc6c(c5)c5ccccc5n6-c5ccccc5)cc4c3c2)cc1. The molecule has 1 N–H and O–H groups in total. The maximum absolute atomic E-state index is 3.77. The third-order valence-electron chi connectivity index (χ3n) is 8.92. The zero-order chi connectivity index (χ0) is 29.0. The number of H-pyrrole nitrogens is 1. The molecule has 0 saturated carbocycles. The molecular weight excluding hydrogens is 532 g/mol. The predicted molar refractivity (Wildman–Crippen MR) is 186 cm³/mol. The quantitative estimate of drug-likeness (QED) is 0.221.